The van der Waals surface area contributed by atoms with Gasteiger partial charge in [-0.3, -0.25) is 4.79 Å². The Morgan fingerprint density at radius 3 is 2.68 bits per heavy atom. The van der Waals surface area contributed by atoms with Crippen LogP contribution in [0.3, 0.4) is 0 Å². The van der Waals surface area contributed by atoms with Gasteiger partial charge in [-0.25, -0.2) is 9.18 Å². The largest absolute Gasteiger partial charge is 0.480 e. The Hall–Kier alpha value is -2.11. The van der Waals surface area contributed by atoms with E-state index in [1.165, 1.54) is 17.0 Å². The maximum absolute atomic E-state index is 14.0. The molecule has 6 heteroatoms. The predicted molar refractivity (Wildman–Crippen MR) is 67.5 cm³/mol. The van der Waals surface area contributed by atoms with Crippen LogP contribution in [0.2, 0.25) is 0 Å². The molecular weight excluding hydrogens is 251 g/mol. The topological polar surface area (TPSA) is 83.6 Å². The normalized spacial score (nSPS) is 22.5. The number of carboxylic acids is 1. The summed E-state index contributed by atoms with van der Waals surface area (Å²) in [5, 5.41) is 9.21. The van der Waals surface area contributed by atoms with Gasteiger partial charge in [0.15, 0.2) is 0 Å². The number of carboxylic acid groups (broad SMARTS) is 1. The molecule has 2 unspecified atom stereocenters. The summed E-state index contributed by atoms with van der Waals surface area (Å²) < 4.78 is 14.0. The average Bonchev–Trinajstić information content (AvgIpc) is 2.70. The minimum absolute atomic E-state index is 0.0484. The summed E-state index contributed by atoms with van der Waals surface area (Å²) in [6, 6.07) is 3.11. The molecule has 0 aromatic heterocycles. The number of primary amides is 1. The smallest absolute Gasteiger partial charge is 0.326 e. The van der Waals surface area contributed by atoms with Crippen molar-refractivity contribution < 1.29 is 19.1 Å². The molecule has 2 atom stereocenters. The standard InChI is InChI=1S/C13H15FN2O3/c1-7-4-5-16(11(7)13(18)19)10-3-2-8(12(15)17)6-9(10)14/h2-3,6-7,11H,4-5H2,1H3,(H2,15,17)(H,18,19). The number of amides is 1. The first kappa shape index (κ1) is 13.3. The van der Waals surface area contributed by atoms with Gasteiger partial charge in [0.2, 0.25) is 5.91 Å². The Balaban J connectivity index is 2.36. The zero-order valence-electron chi connectivity index (χ0n) is 10.5. The van der Waals surface area contributed by atoms with Crippen LogP contribution in [-0.2, 0) is 4.79 Å². The molecule has 19 heavy (non-hydrogen) atoms. The summed E-state index contributed by atoms with van der Waals surface area (Å²) in [6.07, 6.45) is 0.688. The van der Waals surface area contributed by atoms with Crippen LogP contribution in [0.15, 0.2) is 18.2 Å². The molecule has 0 aliphatic carbocycles. The van der Waals surface area contributed by atoms with Crippen molar-refractivity contribution in [3.63, 3.8) is 0 Å². The first-order chi connectivity index (χ1) is 8.91. The van der Waals surface area contributed by atoms with Crippen molar-refractivity contribution in [2.24, 2.45) is 11.7 Å². The highest BCUT2D eigenvalue weighted by atomic mass is 19.1. The molecule has 0 bridgehead atoms. The van der Waals surface area contributed by atoms with Gasteiger partial charge in [0.05, 0.1) is 5.69 Å². The highest BCUT2D eigenvalue weighted by molar-refractivity contribution is 5.93. The van der Waals surface area contributed by atoms with E-state index in [9.17, 15) is 19.1 Å². The van der Waals surface area contributed by atoms with Crippen molar-refractivity contribution in [1.29, 1.82) is 0 Å². The van der Waals surface area contributed by atoms with Crippen LogP contribution < -0.4 is 10.6 Å². The minimum atomic E-state index is -0.969. The fraction of sp³-hybridized carbons (Fsp3) is 0.385. The first-order valence-electron chi connectivity index (χ1n) is 6.00. The van der Waals surface area contributed by atoms with E-state index < -0.39 is 23.7 Å². The third-order valence-electron chi connectivity index (χ3n) is 3.49. The zero-order valence-corrected chi connectivity index (χ0v) is 10.5. The number of nitrogens with zero attached hydrogens (tertiary/aromatic N) is 1. The highest BCUT2D eigenvalue weighted by Crippen LogP contribution is 2.31. The molecule has 1 aliphatic heterocycles. The van der Waals surface area contributed by atoms with Gasteiger partial charge < -0.3 is 15.7 Å². The Labute approximate surface area is 109 Å². The zero-order chi connectivity index (χ0) is 14.2. The van der Waals surface area contributed by atoms with Gasteiger partial charge in [0.25, 0.3) is 0 Å². The number of carbonyl (C=O) groups is 2. The fourth-order valence-corrected chi connectivity index (χ4v) is 2.49. The Morgan fingerprint density at radius 2 is 2.16 bits per heavy atom. The van der Waals surface area contributed by atoms with Crippen molar-refractivity contribution >= 4 is 17.6 Å². The third-order valence-corrected chi connectivity index (χ3v) is 3.49. The predicted octanol–water partition coefficient (Wildman–Crippen LogP) is 1.22. The van der Waals surface area contributed by atoms with Crippen LogP contribution in [0.4, 0.5) is 10.1 Å². The maximum Gasteiger partial charge on any atom is 0.326 e. The van der Waals surface area contributed by atoms with E-state index in [2.05, 4.69) is 0 Å². The lowest BCUT2D eigenvalue weighted by Crippen LogP contribution is -2.39. The molecule has 0 spiro atoms. The molecule has 3 N–H and O–H groups in total. The van der Waals surface area contributed by atoms with E-state index >= 15 is 0 Å². The second kappa shape index (κ2) is 4.87. The third kappa shape index (κ3) is 2.38. The SMILES string of the molecule is CC1CCN(c2ccc(C(N)=O)cc2F)C1C(=O)O. The maximum atomic E-state index is 14.0. The van der Waals surface area contributed by atoms with E-state index in [1.807, 2.05) is 6.92 Å². The second-order valence-electron chi connectivity index (χ2n) is 4.77. The molecule has 1 amide bonds. The Bertz CT molecular complexity index is 533. The monoisotopic (exact) mass is 266 g/mol. The van der Waals surface area contributed by atoms with Crippen molar-refractivity contribution in [2.75, 3.05) is 11.4 Å². The van der Waals surface area contributed by atoms with Crippen LogP contribution in [0.1, 0.15) is 23.7 Å². The first-order valence-corrected chi connectivity index (χ1v) is 6.00. The van der Waals surface area contributed by atoms with Crippen molar-refractivity contribution in [3.8, 4) is 0 Å². The Kier molecular flexibility index (Phi) is 3.42. The van der Waals surface area contributed by atoms with E-state index in [1.54, 1.807) is 0 Å². The number of hydrogen-bond acceptors (Lipinski definition) is 3. The van der Waals surface area contributed by atoms with Gasteiger partial charge in [0.1, 0.15) is 11.9 Å². The number of halogens is 1. The van der Waals surface area contributed by atoms with Crippen LogP contribution in [0.5, 0.6) is 0 Å². The number of benzene rings is 1. The number of aliphatic carboxylic acids is 1. The number of nitrogens with two attached hydrogens (primary N) is 1. The van der Waals surface area contributed by atoms with Gasteiger partial charge in [-0.15, -0.1) is 0 Å². The molecule has 1 aliphatic rings. The molecule has 1 aromatic rings. The second-order valence-corrected chi connectivity index (χ2v) is 4.77. The van der Waals surface area contributed by atoms with Crippen LogP contribution >= 0.6 is 0 Å². The van der Waals surface area contributed by atoms with E-state index in [-0.39, 0.29) is 17.2 Å². The van der Waals surface area contributed by atoms with Gasteiger partial charge in [0, 0.05) is 12.1 Å². The average molecular weight is 266 g/mol. The quantitative estimate of drug-likeness (QED) is 0.861. The number of anilines is 1. The van der Waals surface area contributed by atoms with Gasteiger partial charge >= 0.3 is 5.97 Å². The fourth-order valence-electron chi connectivity index (χ4n) is 2.49. The molecule has 1 fully saturated rings. The molecule has 1 heterocycles. The lowest BCUT2D eigenvalue weighted by Gasteiger charge is -2.25. The highest BCUT2D eigenvalue weighted by Gasteiger charge is 2.37. The van der Waals surface area contributed by atoms with Crippen molar-refractivity contribution in [1.82, 2.24) is 0 Å². The van der Waals surface area contributed by atoms with Crippen LogP contribution in [-0.4, -0.2) is 29.6 Å². The molecule has 102 valence electrons. The van der Waals surface area contributed by atoms with Gasteiger partial charge in [-0.05, 0) is 30.5 Å². The summed E-state index contributed by atoms with van der Waals surface area (Å²) >= 11 is 0. The number of carbonyl (C=O) groups excluding carboxylic acids is 1. The summed E-state index contributed by atoms with van der Waals surface area (Å²) in [7, 11) is 0. The summed E-state index contributed by atoms with van der Waals surface area (Å²) in [5.41, 5.74) is 5.34. The van der Waals surface area contributed by atoms with E-state index in [0.29, 0.717) is 13.0 Å². The van der Waals surface area contributed by atoms with Crippen LogP contribution in [0.25, 0.3) is 0 Å². The van der Waals surface area contributed by atoms with Gasteiger partial charge in [-0.1, -0.05) is 6.92 Å². The van der Waals surface area contributed by atoms with Crippen molar-refractivity contribution in [3.05, 3.63) is 29.6 Å². The Morgan fingerprint density at radius 1 is 1.47 bits per heavy atom. The summed E-state index contributed by atoms with van der Waals surface area (Å²) in [4.78, 5) is 23.7. The molecule has 1 saturated heterocycles. The molecule has 0 saturated carbocycles. The molecule has 0 radical (unpaired) electrons. The number of hydrogen-bond donors (Lipinski definition) is 2. The minimum Gasteiger partial charge on any atom is -0.480 e. The van der Waals surface area contributed by atoms with Crippen LogP contribution in [0, 0.1) is 11.7 Å². The number of rotatable bonds is 3. The molecule has 5 nitrogen and oxygen atoms in total. The molecule has 2 rings (SSSR count). The lowest BCUT2D eigenvalue weighted by molar-refractivity contribution is -0.139. The summed E-state index contributed by atoms with van der Waals surface area (Å²) in [6.45, 7) is 2.31. The van der Waals surface area contributed by atoms with Gasteiger partial charge in [-0.2, -0.15) is 0 Å². The molecule has 1 aromatic carbocycles. The van der Waals surface area contributed by atoms with E-state index in [4.69, 9.17) is 5.73 Å². The summed E-state index contributed by atoms with van der Waals surface area (Å²) in [5.74, 6) is -2.36. The van der Waals surface area contributed by atoms with Crippen molar-refractivity contribution in [2.45, 2.75) is 19.4 Å². The molecular formula is C13H15FN2O3. The lowest BCUT2D eigenvalue weighted by atomic mass is 10.0. The van der Waals surface area contributed by atoms with E-state index in [0.717, 1.165) is 6.07 Å².